The Hall–Kier alpha value is -2.40. The summed E-state index contributed by atoms with van der Waals surface area (Å²) in [6.45, 7) is 25.9. The molecule has 234 valence electrons. The first-order valence-electron chi connectivity index (χ1n) is 14.2. The maximum Gasteiger partial charge on any atom is 0.230 e. The number of fused-ring (bicyclic) bond motifs is 1. The largest absolute Gasteiger partial charge is 0.408 e. The number of anilines is 1. The summed E-state index contributed by atoms with van der Waals surface area (Å²) in [5.74, 6) is 0.0369. The molecule has 0 spiro atoms. The molecular weight excluding hydrogens is 573 g/mol. The molecule has 2 aromatic rings. The molecule has 13 nitrogen and oxygen atoms in total. The maximum absolute atomic E-state index is 12.8. The number of rotatable bonds is 8. The van der Waals surface area contributed by atoms with Crippen LogP contribution in [0.4, 0.5) is 5.82 Å². The predicted molar refractivity (Wildman–Crippen MR) is 167 cm³/mol. The van der Waals surface area contributed by atoms with E-state index in [0.29, 0.717) is 11.2 Å². The van der Waals surface area contributed by atoms with Crippen LogP contribution in [0, 0.1) is 5.41 Å². The van der Waals surface area contributed by atoms with Crippen molar-refractivity contribution < 1.29 is 23.5 Å². The molecule has 0 bridgehead atoms. The summed E-state index contributed by atoms with van der Waals surface area (Å²) in [4.78, 5) is 29.1. The number of carbonyl (C=O) groups excluding carboxylic acids is 1. The number of amides is 1. The highest BCUT2D eigenvalue weighted by atomic mass is 28.4. The quantitative estimate of drug-likeness (QED) is 0.154. The highest BCUT2D eigenvalue weighted by Crippen LogP contribution is 2.49. The first-order chi connectivity index (χ1) is 19.0. The minimum Gasteiger partial charge on any atom is -0.408 e. The Bertz CT molecular complexity index is 1350. The highest BCUT2D eigenvalue weighted by Gasteiger charge is 2.61. The van der Waals surface area contributed by atoms with Gasteiger partial charge in [-0.1, -0.05) is 67.4 Å². The molecule has 42 heavy (non-hydrogen) atoms. The van der Waals surface area contributed by atoms with Gasteiger partial charge >= 0.3 is 0 Å². The molecule has 0 aliphatic carbocycles. The molecule has 0 radical (unpaired) electrons. The summed E-state index contributed by atoms with van der Waals surface area (Å²) in [7, 11) is -5.01. The minimum absolute atomic E-state index is 0.175. The van der Waals surface area contributed by atoms with Crippen molar-refractivity contribution in [2.24, 2.45) is 10.5 Å². The van der Waals surface area contributed by atoms with E-state index < -0.39 is 52.8 Å². The standard InChI is InChI=1S/C27H48N8O5Si2/c1-24(2,3)23(37)32-20-17-21(30-15-29-20)35(16-31-17)22-18(39-41(10,11)25(4,5)6)19(27(14-36,38-22)33-34-28)40-42(12,13)26(7,8)9/h15-16,18-19,22,36H,14H2,1-13H3,(H,29,30,32,37)/t18-,19+,22-,27-/m1/s1. The molecule has 15 heteroatoms. The molecule has 1 aliphatic rings. The molecule has 0 unspecified atom stereocenters. The third-order valence-electron chi connectivity index (χ3n) is 8.80. The molecule has 2 aromatic heterocycles. The Kier molecular flexibility index (Phi) is 9.15. The Balaban J connectivity index is 2.25. The maximum atomic E-state index is 12.8. The summed E-state index contributed by atoms with van der Waals surface area (Å²) in [6, 6.07) is 0. The van der Waals surface area contributed by atoms with E-state index in [1.165, 1.54) is 12.7 Å². The summed E-state index contributed by atoms with van der Waals surface area (Å²) < 4.78 is 22.1. The molecule has 1 aliphatic heterocycles. The van der Waals surface area contributed by atoms with Crippen LogP contribution in [0.1, 0.15) is 68.5 Å². The second kappa shape index (κ2) is 11.3. The van der Waals surface area contributed by atoms with Crippen LogP contribution >= 0.6 is 0 Å². The molecule has 0 saturated carbocycles. The van der Waals surface area contributed by atoms with E-state index in [1.807, 2.05) is 0 Å². The summed E-state index contributed by atoms with van der Waals surface area (Å²) in [5.41, 5.74) is 7.95. The van der Waals surface area contributed by atoms with Crippen LogP contribution in [0.3, 0.4) is 0 Å². The lowest BCUT2D eigenvalue weighted by Gasteiger charge is -2.45. The number of nitrogens with one attached hydrogen (secondary N) is 1. The fraction of sp³-hybridized carbons (Fsp3) is 0.778. The molecule has 3 rings (SSSR count). The number of azide groups is 1. The number of nitrogens with zero attached hydrogens (tertiary/aromatic N) is 7. The molecular formula is C27H48N8O5Si2. The van der Waals surface area contributed by atoms with E-state index >= 15 is 0 Å². The molecule has 2 N–H and O–H groups in total. The van der Waals surface area contributed by atoms with Crippen molar-refractivity contribution in [1.29, 1.82) is 0 Å². The zero-order valence-corrected chi connectivity index (χ0v) is 29.3. The van der Waals surface area contributed by atoms with Gasteiger partial charge in [0, 0.05) is 10.3 Å². The Morgan fingerprint density at radius 1 is 1.07 bits per heavy atom. The minimum atomic E-state index is -2.52. The molecule has 1 saturated heterocycles. The van der Waals surface area contributed by atoms with Gasteiger partial charge in [-0.2, -0.15) is 0 Å². The fourth-order valence-corrected chi connectivity index (χ4v) is 6.58. The monoisotopic (exact) mass is 620 g/mol. The Labute approximate surface area is 250 Å². The lowest BCUT2D eigenvalue weighted by molar-refractivity contribution is -0.123. The van der Waals surface area contributed by atoms with E-state index in [1.54, 1.807) is 25.3 Å². The molecule has 3 heterocycles. The van der Waals surface area contributed by atoms with E-state index in [9.17, 15) is 15.4 Å². The van der Waals surface area contributed by atoms with Gasteiger partial charge in [-0.3, -0.25) is 9.36 Å². The highest BCUT2D eigenvalue weighted by molar-refractivity contribution is 6.74. The van der Waals surface area contributed by atoms with Crippen molar-refractivity contribution in [2.75, 3.05) is 11.9 Å². The van der Waals surface area contributed by atoms with Crippen LogP contribution in [-0.2, 0) is 18.4 Å². The van der Waals surface area contributed by atoms with E-state index in [-0.39, 0.29) is 21.8 Å². The van der Waals surface area contributed by atoms with E-state index in [2.05, 4.69) is 98.0 Å². The fourth-order valence-electron chi connectivity index (χ4n) is 3.99. The van der Waals surface area contributed by atoms with Crippen LogP contribution in [0.15, 0.2) is 17.8 Å². The Morgan fingerprint density at radius 3 is 2.14 bits per heavy atom. The van der Waals surface area contributed by atoms with Gasteiger partial charge < -0.3 is 24.0 Å². The summed E-state index contributed by atoms with van der Waals surface area (Å²) >= 11 is 0. The van der Waals surface area contributed by atoms with Gasteiger partial charge in [0.2, 0.25) is 5.91 Å². The van der Waals surface area contributed by atoms with Gasteiger partial charge in [0.25, 0.3) is 0 Å². The molecule has 1 fully saturated rings. The van der Waals surface area contributed by atoms with Gasteiger partial charge in [0.1, 0.15) is 18.5 Å². The van der Waals surface area contributed by atoms with Crippen molar-refractivity contribution >= 4 is 39.5 Å². The third kappa shape index (κ3) is 6.42. The molecule has 0 aromatic carbocycles. The second-order valence-corrected chi connectivity index (χ2v) is 24.6. The van der Waals surface area contributed by atoms with Gasteiger partial charge in [-0.15, -0.1) is 0 Å². The third-order valence-corrected chi connectivity index (χ3v) is 17.7. The van der Waals surface area contributed by atoms with Crippen LogP contribution in [0.2, 0.25) is 36.3 Å². The number of carbonyl (C=O) groups is 1. The number of aliphatic hydroxyl groups is 1. The van der Waals surface area contributed by atoms with Gasteiger partial charge in [0.05, 0.1) is 12.9 Å². The second-order valence-electron chi connectivity index (χ2n) is 15.1. The van der Waals surface area contributed by atoms with Crippen molar-refractivity contribution in [3.8, 4) is 0 Å². The number of ether oxygens (including phenoxy) is 1. The van der Waals surface area contributed by atoms with Crippen molar-refractivity contribution in [3.05, 3.63) is 23.1 Å². The summed E-state index contributed by atoms with van der Waals surface area (Å²) in [5, 5.41) is 17.2. The topological polar surface area (TPSA) is 169 Å². The number of aliphatic hydroxyl groups excluding tert-OH is 1. The first-order valence-corrected chi connectivity index (χ1v) is 20.0. The van der Waals surface area contributed by atoms with Gasteiger partial charge in [0.15, 0.2) is 45.6 Å². The lowest BCUT2D eigenvalue weighted by atomic mass is 9.96. The summed E-state index contributed by atoms with van der Waals surface area (Å²) in [6.07, 6.45) is 0.215. The van der Waals surface area contributed by atoms with Crippen LogP contribution in [0.5, 0.6) is 0 Å². The smallest absolute Gasteiger partial charge is 0.230 e. The van der Waals surface area contributed by atoms with Crippen molar-refractivity contribution in [2.45, 2.75) is 123 Å². The van der Waals surface area contributed by atoms with Gasteiger partial charge in [-0.25, -0.2) is 15.0 Å². The lowest BCUT2D eigenvalue weighted by Crippen LogP contribution is -2.57. The van der Waals surface area contributed by atoms with Gasteiger partial charge in [-0.05, 0) is 41.8 Å². The number of aromatic nitrogens is 4. The van der Waals surface area contributed by atoms with E-state index in [4.69, 9.17) is 13.6 Å². The number of imidazole rings is 1. The van der Waals surface area contributed by atoms with E-state index in [0.717, 1.165) is 0 Å². The average molecular weight is 621 g/mol. The average Bonchev–Trinajstić information content (AvgIpc) is 3.38. The normalized spacial score (nSPS) is 24.1. The van der Waals surface area contributed by atoms with Crippen LogP contribution in [0.25, 0.3) is 21.6 Å². The van der Waals surface area contributed by atoms with Crippen molar-refractivity contribution in [3.63, 3.8) is 0 Å². The zero-order chi connectivity index (χ0) is 32.1. The molecule has 4 atom stereocenters. The number of hydrogen-bond donors (Lipinski definition) is 2. The molecule has 1 amide bonds. The van der Waals surface area contributed by atoms with Crippen LogP contribution < -0.4 is 5.32 Å². The Morgan fingerprint density at radius 2 is 1.64 bits per heavy atom. The van der Waals surface area contributed by atoms with Crippen LogP contribution in [-0.4, -0.2) is 71.7 Å². The first kappa shape index (κ1) is 34.1. The zero-order valence-electron chi connectivity index (χ0n) is 27.3. The predicted octanol–water partition coefficient (Wildman–Crippen LogP) is 6.12. The number of hydrogen-bond acceptors (Lipinski definition) is 9. The van der Waals surface area contributed by atoms with Crippen molar-refractivity contribution in [1.82, 2.24) is 19.5 Å². The SMILES string of the molecule is CC(C)(C)C(=O)Nc1ncnc2c1ncn2[C@@H]1O[C@@](CO)(N=[N+]=[N-])[C@@H](O[Si](C)(C)C(C)(C)C)[C@H]1O[Si](C)(C)C(C)(C)C.